The first-order valence-corrected chi connectivity index (χ1v) is 34.4. The number of pyridine rings is 1. The number of rotatable bonds is 11. The Hall–Kier alpha value is -10.0. The Kier molecular flexibility index (Phi) is 30.7. The number of hydrogen-bond donors (Lipinski definition) is 6. The van der Waals surface area contributed by atoms with Gasteiger partial charge in [0.05, 0.1) is 24.3 Å². The molecule has 4 amide bonds. The fraction of sp³-hybridized carbons (Fsp3) is 0.220. The standard InChI is InChI=1S/C14H12BrNO.C14H18BrN.C14H12FNO.C13H17NO.C10H9N.C9H11NO2.C8H8N2/c1-10-4-2-7-13(8-10)16-14(17)11-5-3-6-12(15)9-11;1-11-4-2-7-14(8-11)16-10-12-5-3-6-13(15)9-12;1-10-4-2-7-13(8-10)16-14(17)11-5-3-6-12(15)9-11;1-10-5-4-8-12(9-10)14-13(15)11-6-2-3-7-11;1-8-4-2-6-10-9(8)5-3-7-11-10;1-7(11)10-8-3-5-9(12-2)6-4-8;1-6-2-3-8-7(4-6)5-9-10-8/h2-9H,1H3,(H,16,17);2,4,7-9,13,16H,3,5-6,10H2,1H3;2-9H,1H3,(H,16,17);4-5,8-9,11H,2-3,6-7H2,1H3,(H,14,15);2-7H,1H3;3-6H,1-2H3,(H,10,11);2-5H,1H3,(H,9,10). The summed E-state index contributed by atoms with van der Waals surface area (Å²) in [6.07, 6.45) is 14.3. The van der Waals surface area contributed by atoms with Crippen LogP contribution in [0.15, 0.2) is 247 Å². The fourth-order valence-corrected chi connectivity index (χ4v) is 11.6. The van der Waals surface area contributed by atoms with Crippen molar-refractivity contribution in [3.05, 3.63) is 297 Å². The molecule has 6 N–H and O–H groups in total. The van der Waals surface area contributed by atoms with E-state index in [2.05, 4.69) is 149 Å². The van der Waals surface area contributed by atoms with Crippen LogP contribution in [0.25, 0.3) is 21.8 Å². The number of fused-ring (bicyclic) bond motifs is 2. The van der Waals surface area contributed by atoms with E-state index in [1.165, 1.54) is 102 Å². The number of anilines is 5. The summed E-state index contributed by atoms with van der Waals surface area (Å²) in [6.45, 7) is 14.7. The molecule has 0 radical (unpaired) electrons. The number of carbonyl (C=O) groups is 4. The number of nitrogens with zero attached hydrogens (tertiary/aromatic N) is 2. The Balaban J connectivity index is 0.000000162. The highest BCUT2D eigenvalue weighted by Crippen LogP contribution is 2.27. The van der Waals surface area contributed by atoms with Gasteiger partial charge in [0.1, 0.15) is 11.6 Å². The SMILES string of the molecule is COc1ccc(NC(C)=O)cc1.Cc1ccc2[nH]ncc2c1.Cc1cccc(NC(=O)C2CCCC2)c1.Cc1cccc(NC(=O)c2cccc(Br)c2)c1.Cc1cccc(NC(=O)c2cccc(F)c2)c1.Cc1cccc(NCC2=CC(Br)CCC2)c1.Cc1cccc2ncccc12. The number of aryl methyl sites for hydroxylation is 6. The number of allylic oxidation sites excluding steroid dienone is 1. The number of hydrogen-bond acceptors (Lipinski definition) is 8. The van der Waals surface area contributed by atoms with Crippen LogP contribution in [-0.4, -0.2) is 57.3 Å². The Morgan fingerprint density at radius 2 is 1.10 bits per heavy atom. The van der Waals surface area contributed by atoms with E-state index in [4.69, 9.17) is 4.74 Å². The summed E-state index contributed by atoms with van der Waals surface area (Å²) in [5, 5.41) is 24.0. The minimum atomic E-state index is -0.415. The van der Waals surface area contributed by atoms with E-state index in [9.17, 15) is 23.6 Å². The molecule has 2 aromatic heterocycles. The number of carbonyl (C=O) groups excluding carboxylic acids is 4. The number of aromatic nitrogens is 3. The van der Waals surface area contributed by atoms with Gasteiger partial charge in [-0.05, 0) is 235 Å². The van der Waals surface area contributed by atoms with Crippen molar-refractivity contribution in [1.29, 1.82) is 0 Å². The van der Waals surface area contributed by atoms with E-state index in [0.717, 1.165) is 68.8 Å². The van der Waals surface area contributed by atoms with Gasteiger partial charge in [0.25, 0.3) is 11.8 Å². The van der Waals surface area contributed by atoms with Crippen molar-refractivity contribution in [3.8, 4) is 5.75 Å². The minimum absolute atomic E-state index is 0.0693. The molecule has 1 fully saturated rings. The predicted molar refractivity (Wildman–Crippen MR) is 409 cm³/mol. The lowest BCUT2D eigenvalue weighted by atomic mass is 9.99. The van der Waals surface area contributed by atoms with E-state index < -0.39 is 5.82 Å². The van der Waals surface area contributed by atoms with Crippen molar-refractivity contribution in [2.45, 2.75) is 98.2 Å². The Bertz CT molecular complexity index is 4290. The van der Waals surface area contributed by atoms with Gasteiger partial charge < -0.3 is 31.3 Å². The lowest BCUT2D eigenvalue weighted by Gasteiger charge is -2.17. The maximum atomic E-state index is 13.0. The Morgan fingerprint density at radius 1 is 0.551 bits per heavy atom. The first kappa shape index (κ1) is 75.4. The molecule has 9 aromatic carbocycles. The van der Waals surface area contributed by atoms with Crippen LogP contribution < -0.4 is 31.3 Å². The van der Waals surface area contributed by atoms with Crippen LogP contribution in [0.5, 0.6) is 5.75 Å². The van der Waals surface area contributed by atoms with Crippen molar-refractivity contribution in [3.63, 3.8) is 0 Å². The van der Waals surface area contributed by atoms with Crippen LogP contribution in [0.2, 0.25) is 0 Å². The molecule has 2 aliphatic rings. The summed E-state index contributed by atoms with van der Waals surface area (Å²) in [5.74, 6) is 0.321. The maximum Gasteiger partial charge on any atom is 0.255 e. The summed E-state index contributed by atoms with van der Waals surface area (Å²) in [4.78, 5) is 51.0. The van der Waals surface area contributed by atoms with E-state index in [1.807, 2.05) is 136 Å². The van der Waals surface area contributed by atoms with E-state index >= 15 is 0 Å². The first-order chi connectivity index (χ1) is 47.2. The van der Waals surface area contributed by atoms with Crippen LogP contribution in [0.1, 0.15) is 106 Å². The molecule has 11 aromatic rings. The third kappa shape index (κ3) is 26.9. The summed E-state index contributed by atoms with van der Waals surface area (Å²) in [7, 11) is 1.60. The highest BCUT2D eigenvalue weighted by molar-refractivity contribution is 9.10. The molecular weight excluding hydrogens is 1360 g/mol. The molecule has 1 saturated carbocycles. The highest BCUT2D eigenvalue weighted by atomic mass is 79.9. The van der Waals surface area contributed by atoms with Crippen molar-refractivity contribution in [1.82, 2.24) is 15.2 Å². The third-order valence-corrected chi connectivity index (χ3v) is 16.8. The minimum Gasteiger partial charge on any atom is -0.497 e. The van der Waals surface area contributed by atoms with Gasteiger partial charge in [-0.25, -0.2) is 4.39 Å². The number of H-pyrrole nitrogens is 1. The van der Waals surface area contributed by atoms with Crippen molar-refractivity contribution in [2.24, 2.45) is 5.92 Å². The van der Waals surface area contributed by atoms with E-state index in [1.54, 1.807) is 55.6 Å². The molecule has 13 rings (SSSR count). The molecule has 2 heterocycles. The van der Waals surface area contributed by atoms with Crippen molar-refractivity contribution < 1.29 is 28.3 Å². The molecule has 0 spiro atoms. The van der Waals surface area contributed by atoms with Gasteiger partial charge >= 0.3 is 0 Å². The van der Waals surface area contributed by atoms with Crippen LogP contribution in [-0.2, 0) is 9.59 Å². The highest BCUT2D eigenvalue weighted by Gasteiger charge is 2.22. The molecule has 13 nitrogen and oxygen atoms in total. The van der Waals surface area contributed by atoms with E-state index in [-0.39, 0.29) is 29.5 Å². The second-order valence-electron chi connectivity index (χ2n) is 24.0. The zero-order chi connectivity index (χ0) is 70.2. The van der Waals surface area contributed by atoms with Gasteiger partial charge in [0.15, 0.2) is 0 Å². The molecule has 506 valence electrons. The molecule has 1 unspecified atom stereocenters. The second kappa shape index (κ2) is 39.9. The zero-order valence-corrected chi connectivity index (χ0v) is 60.1. The Morgan fingerprint density at radius 3 is 1.66 bits per heavy atom. The van der Waals surface area contributed by atoms with Gasteiger partial charge in [-0.15, -0.1) is 0 Å². The first-order valence-electron chi connectivity index (χ1n) is 32.7. The fourth-order valence-electron chi connectivity index (χ4n) is 10.5. The number of methoxy groups -OCH3 is 1. The monoisotopic (exact) mass is 1440 g/mol. The topological polar surface area (TPSA) is 179 Å². The summed E-state index contributed by atoms with van der Waals surface area (Å²) in [5.41, 5.74) is 16.3. The van der Waals surface area contributed by atoms with Crippen LogP contribution >= 0.6 is 31.9 Å². The average Bonchev–Trinajstić information content (AvgIpc) is 1.22. The van der Waals surface area contributed by atoms with Crippen molar-refractivity contribution in [2.75, 3.05) is 40.2 Å². The number of benzene rings is 9. The quantitative estimate of drug-likeness (QED) is 0.0547. The predicted octanol–water partition coefficient (Wildman–Crippen LogP) is 20.9. The number of alkyl halides is 1. The smallest absolute Gasteiger partial charge is 0.255 e. The number of amides is 4. The van der Waals surface area contributed by atoms with Gasteiger partial charge in [-0.1, -0.05) is 147 Å². The lowest BCUT2D eigenvalue weighted by molar-refractivity contribution is -0.119. The van der Waals surface area contributed by atoms with Crippen molar-refractivity contribution >= 4 is 106 Å². The third-order valence-electron chi connectivity index (χ3n) is 15.5. The van der Waals surface area contributed by atoms with Gasteiger partial charge in [-0.2, -0.15) is 5.10 Å². The van der Waals surface area contributed by atoms with Crippen LogP contribution in [0.4, 0.5) is 32.8 Å². The molecule has 0 aliphatic heterocycles. The zero-order valence-electron chi connectivity index (χ0n) is 56.9. The van der Waals surface area contributed by atoms with Crippen LogP contribution in [0, 0.1) is 53.3 Å². The average molecular weight is 1440 g/mol. The molecule has 0 bridgehead atoms. The second-order valence-corrected chi connectivity index (χ2v) is 26.1. The number of halogens is 3. The lowest BCUT2D eigenvalue weighted by Crippen LogP contribution is -2.20. The van der Waals surface area contributed by atoms with Gasteiger partial charge in [-0.3, -0.25) is 29.3 Å². The molecular formula is C82H87Br2FN8O5. The summed E-state index contributed by atoms with van der Waals surface area (Å²) in [6, 6.07) is 68.2. The van der Waals surface area contributed by atoms with E-state index in [0.29, 0.717) is 21.6 Å². The number of aromatic amines is 1. The molecule has 2 aliphatic carbocycles. The largest absolute Gasteiger partial charge is 0.497 e. The maximum absolute atomic E-state index is 13.0. The van der Waals surface area contributed by atoms with Crippen LogP contribution in [0.3, 0.4) is 0 Å². The summed E-state index contributed by atoms with van der Waals surface area (Å²) >= 11 is 7.01. The molecule has 0 saturated heterocycles. The van der Waals surface area contributed by atoms with Gasteiger partial charge in [0, 0.05) is 85.2 Å². The van der Waals surface area contributed by atoms with Gasteiger partial charge in [0.2, 0.25) is 11.8 Å². The summed E-state index contributed by atoms with van der Waals surface area (Å²) < 4.78 is 18.8. The normalized spacial score (nSPS) is 12.7. The molecule has 16 heteroatoms. The molecule has 98 heavy (non-hydrogen) atoms. The number of nitrogens with one attached hydrogen (secondary N) is 6. The Labute approximate surface area is 592 Å². The molecule has 1 atom stereocenters. The number of ether oxygens (including phenoxy) is 1.